The van der Waals surface area contributed by atoms with E-state index in [1.807, 2.05) is 0 Å². The van der Waals surface area contributed by atoms with Crippen molar-refractivity contribution in [3.05, 3.63) is 0 Å². The highest BCUT2D eigenvalue weighted by molar-refractivity contribution is 7.99. The summed E-state index contributed by atoms with van der Waals surface area (Å²) in [6.45, 7) is 7.94. The van der Waals surface area contributed by atoms with Crippen LogP contribution in [0.4, 0.5) is 0 Å². The van der Waals surface area contributed by atoms with Crippen LogP contribution in [-0.2, 0) is 0 Å². The van der Waals surface area contributed by atoms with Crippen LogP contribution in [0.15, 0.2) is 0 Å². The molecule has 1 aliphatic rings. The van der Waals surface area contributed by atoms with Crippen molar-refractivity contribution in [2.45, 2.75) is 32.7 Å². The number of hydrogen-bond acceptors (Lipinski definition) is 3. The summed E-state index contributed by atoms with van der Waals surface area (Å²) in [6.07, 6.45) is 2.67. The van der Waals surface area contributed by atoms with Gasteiger partial charge >= 0.3 is 0 Å². The maximum Gasteiger partial charge on any atom is 0.00103 e. The molecule has 14 heavy (non-hydrogen) atoms. The monoisotopic (exact) mass is 216 g/mol. The van der Waals surface area contributed by atoms with Gasteiger partial charge < -0.3 is 10.6 Å². The van der Waals surface area contributed by atoms with Crippen molar-refractivity contribution in [2.24, 2.45) is 5.92 Å². The topological polar surface area (TPSA) is 24.1 Å². The quantitative estimate of drug-likeness (QED) is 0.634. The van der Waals surface area contributed by atoms with Crippen LogP contribution in [0.1, 0.15) is 26.7 Å². The molecule has 0 bridgehead atoms. The van der Waals surface area contributed by atoms with Crippen molar-refractivity contribution in [3.63, 3.8) is 0 Å². The molecule has 1 heterocycles. The predicted molar refractivity (Wildman–Crippen MR) is 66.1 cm³/mol. The van der Waals surface area contributed by atoms with Crippen LogP contribution < -0.4 is 10.6 Å². The molecule has 0 saturated carbocycles. The highest BCUT2D eigenvalue weighted by Crippen LogP contribution is 2.22. The first-order valence-corrected chi connectivity index (χ1v) is 6.96. The number of nitrogens with one attached hydrogen (secondary N) is 2. The minimum Gasteiger partial charge on any atom is -0.316 e. The molecule has 1 atom stereocenters. The normalized spacial score (nSPS) is 22.1. The Morgan fingerprint density at radius 3 is 2.86 bits per heavy atom. The maximum atomic E-state index is 3.55. The Kier molecular flexibility index (Phi) is 6.65. The van der Waals surface area contributed by atoms with Gasteiger partial charge in [-0.25, -0.2) is 0 Å². The van der Waals surface area contributed by atoms with E-state index >= 15 is 0 Å². The van der Waals surface area contributed by atoms with Gasteiger partial charge in [0.2, 0.25) is 0 Å². The second kappa shape index (κ2) is 7.55. The third kappa shape index (κ3) is 5.89. The van der Waals surface area contributed by atoms with E-state index in [0.29, 0.717) is 6.04 Å². The van der Waals surface area contributed by atoms with Crippen molar-refractivity contribution in [3.8, 4) is 0 Å². The average molecular weight is 216 g/mol. The van der Waals surface area contributed by atoms with Gasteiger partial charge in [0, 0.05) is 6.04 Å². The molecular weight excluding hydrogens is 192 g/mol. The SMILES string of the molecule is CC(C)NCCCNCC1CCSC1. The van der Waals surface area contributed by atoms with Gasteiger partial charge in [-0.05, 0) is 49.9 Å². The zero-order valence-electron chi connectivity index (χ0n) is 9.51. The maximum absolute atomic E-state index is 3.55. The van der Waals surface area contributed by atoms with Gasteiger partial charge in [0.1, 0.15) is 0 Å². The van der Waals surface area contributed by atoms with Gasteiger partial charge in [-0.3, -0.25) is 0 Å². The second-order valence-electron chi connectivity index (χ2n) is 4.40. The lowest BCUT2D eigenvalue weighted by Gasteiger charge is -2.11. The molecule has 2 N–H and O–H groups in total. The Balaban J connectivity index is 1.79. The first kappa shape index (κ1) is 12.3. The lowest BCUT2D eigenvalue weighted by atomic mass is 10.1. The van der Waals surface area contributed by atoms with Gasteiger partial charge in [-0.2, -0.15) is 11.8 Å². The molecule has 0 aromatic rings. The zero-order valence-corrected chi connectivity index (χ0v) is 10.3. The van der Waals surface area contributed by atoms with Gasteiger partial charge in [0.25, 0.3) is 0 Å². The third-order valence-corrected chi connectivity index (χ3v) is 3.77. The number of thioether (sulfide) groups is 1. The summed E-state index contributed by atoms with van der Waals surface area (Å²) < 4.78 is 0. The molecule has 1 aliphatic heterocycles. The van der Waals surface area contributed by atoms with Gasteiger partial charge in [-0.1, -0.05) is 13.8 Å². The fourth-order valence-electron chi connectivity index (χ4n) is 1.65. The molecule has 0 aliphatic carbocycles. The first-order chi connectivity index (χ1) is 6.79. The molecule has 0 aromatic carbocycles. The summed E-state index contributed by atoms with van der Waals surface area (Å²) in [5.41, 5.74) is 0. The molecule has 1 saturated heterocycles. The Hall–Kier alpha value is 0.270. The van der Waals surface area contributed by atoms with E-state index < -0.39 is 0 Å². The van der Waals surface area contributed by atoms with Crippen molar-refractivity contribution in [2.75, 3.05) is 31.1 Å². The van der Waals surface area contributed by atoms with E-state index in [1.165, 1.54) is 37.4 Å². The van der Waals surface area contributed by atoms with Crippen LogP contribution in [0.5, 0.6) is 0 Å². The summed E-state index contributed by atoms with van der Waals surface area (Å²) >= 11 is 2.10. The smallest absolute Gasteiger partial charge is 0.00103 e. The van der Waals surface area contributed by atoms with E-state index in [0.717, 1.165) is 12.5 Å². The number of hydrogen-bond donors (Lipinski definition) is 2. The molecule has 3 heteroatoms. The second-order valence-corrected chi connectivity index (χ2v) is 5.55. The van der Waals surface area contributed by atoms with Gasteiger partial charge in [-0.15, -0.1) is 0 Å². The molecular formula is C11H24N2S. The van der Waals surface area contributed by atoms with E-state index in [1.54, 1.807) is 0 Å². The summed E-state index contributed by atoms with van der Waals surface area (Å²) in [4.78, 5) is 0. The molecule has 0 spiro atoms. The standard InChI is InChI=1S/C11H24N2S/c1-10(2)13-6-3-5-12-8-11-4-7-14-9-11/h10-13H,3-9H2,1-2H3. The van der Waals surface area contributed by atoms with E-state index in [2.05, 4.69) is 36.2 Å². The van der Waals surface area contributed by atoms with Gasteiger partial charge in [0.05, 0.1) is 0 Å². The fourth-order valence-corrected chi connectivity index (χ4v) is 2.94. The summed E-state index contributed by atoms with van der Waals surface area (Å²) in [5.74, 6) is 3.69. The minimum atomic E-state index is 0.626. The summed E-state index contributed by atoms with van der Waals surface area (Å²) in [5, 5.41) is 6.98. The Labute approximate surface area is 92.6 Å². The summed E-state index contributed by atoms with van der Waals surface area (Å²) in [7, 11) is 0. The van der Waals surface area contributed by atoms with Crippen LogP contribution in [0, 0.1) is 5.92 Å². The van der Waals surface area contributed by atoms with Crippen LogP contribution in [0.25, 0.3) is 0 Å². The molecule has 84 valence electrons. The van der Waals surface area contributed by atoms with Crippen LogP contribution >= 0.6 is 11.8 Å². The first-order valence-electron chi connectivity index (χ1n) is 5.81. The molecule has 0 aromatic heterocycles. The van der Waals surface area contributed by atoms with Crippen molar-refractivity contribution < 1.29 is 0 Å². The van der Waals surface area contributed by atoms with Crippen LogP contribution in [0.2, 0.25) is 0 Å². The van der Waals surface area contributed by atoms with Crippen molar-refractivity contribution >= 4 is 11.8 Å². The molecule has 1 unspecified atom stereocenters. The van der Waals surface area contributed by atoms with Crippen molar-refractivity contribution in [1.29, 1.82) is 0 Å². The molecule has 0 amide bonds. The third-order valence-electron chi connectivity index (χ3n) is 2.54. The van der Waals surface area contributed by atoms with Crippen LogP contribution in [-0.4, -0.2) is 37.2 Å². The van der Waals surface area contributed by atoms with E-state index in [-0.39, 0.29) is 0 Å². The molecule has 2 nitrogen and oxygen atoms in total. The Morgan fingerprint density at radius 2 is 2.21 bits per heavy atom. The highest BCUT2D eigenvalue weighted by atomic mass is 32.2. The zero-order chi connectivity index (χ0) is 10.2. The van der Waals surface area contributed by atoms with E-state index in [4.69, 9.17) is 0 Å². The van der Waals surface area contributed by atoms with Crippen LogP contribution in [0.3, 0.4) is 0 Å². The van der Waals surface area contributed by atoms with Gasteiger partial charge in [0.15, 0.2) is 0 Å². The Morgan fingerprint density at radius 1 is 1.36 bits per heavy atom. The minimum absolute atomic E-state index is 0.626. The Bertz CT molecular complexity index is 133. The lowest BCUT2D eigenvalue weighted by molar-refractivity contribution is 0.499. The number of rotatable bonds is 7. The molecule has 1 fully saturated rings. The van der Waals surface area contributed by atoms with Crippen molar-refractivity contribution in [1.82, 2.24) is 10.6 Å². The lowest BCUT2D eigenvalue weighted by Crippen LogP contribution is -2.29. The highest BCUT2D eigenvalue weighted by Gasteiger charge is 2.13. The fraction of sp³-hybridized carbons (Fsp3) is 1.00. The largest absolute Gasteiger partial charge is 0.316 e. The predicted octanol–water partition coefficient (Wildman–Crippen LogP) is 1.72. The molecule has 0 radical (unpaired) electrons. The molecule has 1 rings (SSSR count). The summed E-state index contributed by atoms with van der Waals surface area (Å²) in [6, 6.07) is 0.626. The van der Waals surface area contributed by atoms with E-state index in [9.17, 15) is 0 Å². The average Bonchev–Trinajstić information content (AvgIpc) is 2.63.